The van der Waals surface area contributed by atoms with Crippen LogP contribution < -0.4 is 0 Å². The van der Waals surface area contributed by atoms with Gasteiger partial charge in [0.1, 0.15) is 0 Å². The summed E-state index contributed by atoms with van der Waals surface area (Å²) in [6, 6.07) is 0. The van der Waals surface area contributed by atoms with Crippen LogP contribution in [0.25, 0.3) is 0 Å². The summed E-state index contributed by atoms with van der Waals surface area (Å²) in [7, 11) is -0.202. The fraction of sp³-hybridized carbons (Fsp3) is 1.00. The molecule has 0 aliphatic carbocycles. The maximum Gasteiger partial charge on any atom is -0.00921 e. The van der Waals surface area contributed by atoms with E-state index < -0.39 is 0 Å². The molecule has 0 aliphatic heterocycles. The van der Waals surface area contributed by atoms with Crippen LogP contribution >= 0.6 is 18.5 Å². The van der Waals surface area contributed by atoms with Gasteiger partial charge in [0.05, 0.1) is 0 Å². The molecule has 68 valence electrons. The summed E-state index contributed by atoms with van der Waals surface area (Å²) in [6.45, 7) is 9.00. The zero-order valence-electron chi connectivity index (χ0n) is 8.15. The Morgan fingerprint density at radius 2 is 1.82 bits per heavy atom. The predicted octanol–water partition coefficient (Wildman–Crippen LogP) is 4.47. The molecule has 0 radical (unpaired) electrons. The first-order valence-corrected chi connectivity index (χ1v) is 6.98. The standard InChI is InChI=1S/C9H20ClP/c1-5-6-7-11(10)8-9(2,3)4/h5-8H2,1-4H3. The van der Waals surface area contributed by atoms with E-state index in [-0.39, 0.29) is 7.27 Å². The zero-order chi connectivity index (χ0) is 8.91. The van der Waals surface area contributed by atoms with Gasteiger partial charge in [-0.25, -0.2) is 0 Å². The zero-order valence-corrected chi connectivity index (χ0v) is 9.80. The Hall–Kier alpha value is 0.720. The van der Waals surface area contributed by atoms with Gasteiger partial charge in [0.2, 0.25) is 0 Å². The lowest BCUT2D eigenvalue weighted by atomic mass is 10.0. The van der Waals surface area contributed by atoms with Crippen molar-refractivity contribution in [3.8, 4) is 0 Å². The molecular formula is C9H20ClP. The highest BCUT2D eigenvalue weighted by atomic mass is 35.7. The third-order valence-electron chi connectivity index (χ3n) is 1.40. The van der Waals surface area contributed by atoms with Gasteiger partial charge in [-0.2, -0.15) is 0 Å². The number of unbranched alkanes of at least 4 members (excludes halogenated alkanes) is 1. The molecule has 0 spiro atoms. The van der Waals surface area contributed by atoms with Crippen LogP contribution in [-0.2, 0) is 0 Å². The highest BCUT2D eigenvalue weighted by Crippen LogP contribution is 2.46. The Morgan fingerprint density at radius 1 is 1.27 bits per heavy atom. The van der Waals surface area contributed by atoms with E-state index in [1.807, 2.05) is 0 Å². The van der Waals surface area contributed by atoms with Crippen LogP contribution in [-0.4, -0.2) is 12.3 Å². The summed E-state index contributed by atoms with van der Waals surface area (Å²) in [5, 5.41) is 0. The molecule has 0 amide bonds. The van der Waals surface area contributed by atoms with E-state index in [2.05, 4.69) is 27.7 Å². The van der Waals surface area contributed by atoms with Gasteiger partial charge >= 0.3 is 0 Å². The van der Waals surface area contributed by atoms with E-state index >= 15 is 0 Å². The lowest BCUT2D eigenvalue weighted by Gasteiger charge is -2.21. The van der Waals surface area contributed by atoms with Gasteiger partial charge in [-0.3, -0.25) is 0 Å². The normalized spacial score (nSPS) is 15.0. The van der Waals surface area contributed by atoms with Crippen LogP contribution in [0.1, 0.15) is 40.5 Å². The van der Waals surface area contributed by atoms with Gasteiger partial charge in [0.15, 0.2) is 0 Å². The van der Waals surface area contributed by atoms with E-state index in [9.17, 15) is 0 Å². The molecule has 0 heterocycles. The Balaban J connectivity index is 3.44. The minimum absolute atomic E-state index is 0.202. The molecule has 1 unspecified atom stereocenters. The molecule has 2 heteroatoms. The monoisotopic (exact) mass is 194 g/mol. The third-order valence-corrected chi connectivity index (χ3v) is 4.36. The first-order chi connectivity index (χ1) is 4.95. The molecule has 0 aliphatic rings. The van der Waals surface area contributed by atoms with Crippen molar-refractivity contribution in [2.75, 3.05) is 12.3 Å². The van der Waals surface area contributed by atoms with E-state index in [0.29, 0.717) is 5.41 Å². The Kier molecular flexibility index (Phi) is 5.73. The molecule has 0 aromatic heterocycles. The maximum atomic E-state index is 6.21. The fourth-order valence-electron chi connectivity index (χ4n) is 0.923. The fourth-order valence-corrected chi connectivity index (χ4v) is 4.20. The molecule has 0 saturated heterocycles. The molecule has 0 fully saturated rings. The van der Waals surface area contributed by atoms with E-state index in [0.717, 1.165) is 0 Å². The lowest BCUT2D eigenvalue weighted by Crippen LogP contribution is -2.09. The minimum atomic E-state index is -0.202. The van der Waals surface area contributed by atoms with Gasteiger partial charge in [-0.15, -0.1) is 0 Å². The quantitative estimate of drug-likeness (QED) is 0.580. The van der Waals surface area contributed by atoms with Crippen molar-refractivity contribution >= 4 is 18.5 Å². The van der Waals surface area contributed by atoms with E-state index in [1.165, 1.54) is 25.2 Å². The van der Waals surface area contributed by atoms with Crippen molar-refractivity contribution in [3.63, 3.8) is 0 Å². The van der Waals surface area contributed by atoms with Crippen LogP contribution in [0.15, 0.2) is 0 Å². The highest BCUT2D eigenvalue weighted by molar-refractivity contribution is 7.84. The smallest absolute Gasteiger partial charge is 0.00921 e. The van der Waals surface area contributed by atoms with Gasteiger partial charge in [-0.1, -0.05) is 45.4 Å². The number of rotatable bonds is 4. The van der Waals surface area contributed by atoms with Crippen LogP contribution in [0, 0.1) is 5.41 Å². The molecule has 0 N–H and O–H groups in total. The Morgan fingerprint density at radius 3 is 2.18 bits per heavy atom. The lowest BCUT2D eigenvalue weighted by molar-refractivity contribution is 0.478. The summed E-state index contributed by atoms with van der Waals surface area (Å²) in [5.41, 5.74) is 0.418. The van der Waals surface area contributed by atoms with Gasteiger partial charge in [0, 0.05) is 0 Å². The summed E-state index contributed by atoms with van der Waals surface area (Å²) in [5.74, 6) is 0. The van der Waals surface area contributed by atoms with Crippen molar-refractivity contribution in [2.24, 2.45) is 5.41 Å². The summed E-state index contributed by atoms with van der Waals surface area (Å²) < 4.78 is 0. The Labute approximate surface area is 77.3 Å². The average Bonchev–Trinajstić information content (AvgIpc) is 1.79. The minimum Gasteiger partial charge on any atom is -0.0964 e. The van der Waals surface area contributed by atoms with Gasteiger partial charge in [0.25, 0.3) is 0 Å². The molecule has 0 bridgehead atoms. The van der Waals surface area contributed by atoms with Crippen molar-refractivity contribution < 1.29 is 0 Å². The molecule has 0 aromatic carbocycles. The first kappa shape index (κ1) is 11.7. The van der Waals surface area contributed by atoms with Crippen LogP contribution in [0.5, 0.6) is 0 Å². The second-order valence-electron chi connectivity index (χ2n) is 4.26. The van der Waals surface area contributed by atoms with E-state index in [4.69, 9.17) is 11.2 Å². The summed E-state index contributed by atoms with van der Waals surface area (Å²) in [4.78, 5) is 0. The van der Waals surface area contributed by atoms with Crippen LogP contribution in [0.3, 0.4) is 0 Å². The molecule has 0 nitrogen and oxygen atoms in total. The highest BCUT2D eigenvalue weighted by Gasteiger charge is 2.15. The van der Waals surface area contributed by atoms with Crippen LogP contribution in [0.4, 0.5) is 0 Å². The molecule has 1 atom stereocenters. The van der Waals surface area contributed by atoms with Gasteiger partial charge < -0.3 is 0 Å². The largest absolute Gasteiger partial charge is 0.0964 e. The molecule has 0 saturated carbocycles. The molecular weight excluding hydrogens is 175 g/mol. The number of hydrogen-bond donors (Lipinski definition) is 0. The Bertz CT molecular complexity index is 96.2. The molecule has 11 heavy (non-hydrogen) atoms. The number of halogens is 1. The summed E-state index contributed by atoms with van der Waals surface area (Å²) >= 11 is 6.21. The topological polar surface area (TPSA) is 0 Å². The number of hydrogen-bond acceptors (Lipinski definition) is 0. The predicted molar refractivity (Wildman–Crippen MR) is 56.9 cm³/mol. The SMILES string of the molecule is CCCCP(Cl)CC(C)(C)C. The van der Waals surface area contributed by atoms with Crippen LogP contribution in [0.2, 0.25) is 0 Å². The molecule has 0 aromatic rings. The van der Waals surface area contributed by atoms with Crippen molar-refractivity contribution in [2.45, 2.75) is 40.5 Å². The average molecular weight is 195 g/mol. The molecule has 0 rings (SSSR count). The second-order valence-corrected chi connectivity index (χ2v) is 7.38. The second kappa shape index (κ2) is 5.38. The first-order valence-electron chi connectivity index (χ1n) is 4.36. The van der Waals surface area contributed by atoms with Crippen molar-refractivity contribution in [1.82, 2.24) is 0 Å². The third kappa shape index (κ3) is 8.63. The van der Waals surface area contributed by atoms with Crippen molar-refractivity contribution in [3.05, 3.63) is 0 Å². The maximum absolute atomic E-state index is 6.21. The van der Waals surface area contributed by atoms with E-state index in [1.54, 1.807) is 0 Å². The summed E-state index contributed by atoms with van der Waals surface area (Å²) in [6.07, 6.45) is 5.01. The van der Waals surface area contributed by atoms with Crippen molar-refractivity contribution in [1.29, 1.82) is 0 Å². The van der Waals surface area contributed by atoms with Gasteiger partial charge in [-0.05, 0) is 31.4 Å².